The van der Waals surface area contributed by atoms with Crippen molar-refractivity contribution in [2.75, 3.05) is 13.7 Å². The zero-order valence-corrected chi connectivity index (χ0v) is 12.9. The summed E-state index contributed by atoms with van der Waals surface area (Å²) in [6.07, 6.45) is 5.14. The first-order valence-electron chi connectivity index (χ1n) is 7.61. The van der Waals surface area contributed by atoms with Gasteiger partial charge in [-0.2, -0.15) is 0 Å². The molecular weight excluding hydrogens is 264 g/mol. The molecule has 3 heteroatoms. The van der Waals surface area contributed by atoms with Gasteiger partial charge in [0.2, 0.25) is 0 Å². The highest BCUT2D eigenvalue weighted by Gasteiger charge is 2.18. The van der Waals surface area contributed by atoms with Gasteiger partial charge in [-0.15, -0.1) is 0 Å². The lowest BCUT2D eigenvalue weighted by atomic mass is 9.89. The van der Waals surface area contributed by atoms with Crippen molar-refractivity contribution in [1.82, 2.24) is 0 Å². The van der Waals surface area contributed by atoms with Crippen molar-refractivity contribution in [1.29, 1.82) is 0 Å². The van der Waals surface area contributed by atoms with E-state index >= 15 is 0 Å². The predicted molar refractivity (Wildman–Crippen MR) is 83.2 cm³/mol. The molecule has 1 aromatic carbocycles. The molecule has 0 bridgehead atoms. The maximum absolute atomic E-state index is 8.85. The maximum atomic E-state index is 8.85. The van der Waals surface area contributed by atoms with Gasteiger partial charge < -0.3 is 14.6 Å². The Hall–Kier alpha value is -1.50. The van der Waals surface area contributed by atoms with Gasteiger partial charge in [0.15, 0.2) is 0 Å². The molecule has 1 saturated carbocycles. The Morgan fingerprint density at radius 3 is 2.67 bits per heavy atom. The molecule has 2 rings (SSSR count). The van der Waals surface area contributed by atoms with E-state index in [9.17, 15) is 0 Å². The molecule has 21 heavy (non-hydrogen) atoms. The zero-order chi connectivity index (χ0) is 15.1. The Labute approximate surface area is 127 Å². The molecule has 1 aliphatic rings. The topological polar surface area (TPSA) is 38.7 Å². The van der Waals surface area contributed by atoms with Crippen molar-refractivity contribution in [3.63, 3.8) is 0 Å². The van der Waals surface area contributed by atoms with E-state index < -0.39 is 0 Å². The smallest absolute Gasteiger partial charge is 0.119 e. The Morgan fingerprint density at radius 1 is 1.24 bits per heavy atom. The number of methoxy groups -OCH3 is 1. The quantitative estimate of drug-likeness (QED) is 0.865. The number of rotatable bonds is 4. The minimum Gasteiger partial charge on any atom is -0.497 e. The van der Waals surface area contributed by atoms with E-state index in [1.54, 1.807) is 7.11 Å². The van der Waals surface area contributed by atoms with Gasteiger partial charge in [0.05, 0.1) is 19.8 Å². The molecule has 0 amide bonds. The van der Waals surface area contributed by atoms with Crippen LogP contribution in [-0.4, -0.2) is 24.9 Å². The predicted octanol–water partition coefficient (Wildman–Crippen LogP) is 3.13. The molecule has 0 atom stereocenters. The van der Waals surface area contributed by atoms with Crippen LogP contribution >= 0.6 is 0 Å². The minimum absolute atomic E-state index is 0.132. The van der Waals surface area contributed by atoms with E-state index in [1.807, 2.05) is 18.2 Å². The summed E-state index contributed by atoms with van der Waals surface area (Å²) in [5.74, 6) is 7.30. The third-order valence-corrected chi connectivity index (χ3v) is 4.05. The van der Waals surface area contributed by atoms with Crippen molar-refractivity contribution >= 4 is 0 Å². The molecule has 0 aromatic heterocycles. The third kappa shape index (κ3) is 4.77. The summed E-state index contributed by atoms with van der Waals surface area (Å²) < 4.78 is 11.3. The van der Waals surface area contributed by atoms with Gasteiger partial charge in [0, 0.05) is 5.56 Å². The first-order chi connectivity index (χ1) is 10.2. The molecule has 0 spiro atoms. The van der Waals surface area contributed by atoms with Gasteiger partial charge >= 0.3 is 0 Å². The highest BCUT2D eigenvalue weighted by atomic mass is 16.5. The van der Waals surface area contributed by atoms with E-state index in [0.29, 0.717) is 12.7 Å². The highest BCUT2D eigenvalue weighted by Crippen LogP contribution is 2.27. The van der Waals surface area contributed by atoms with Crippen LogP contribution in [0.4, 0.5) is 0 Å². The first kappa shape index (κ1) is 15.9. The van der Waals surface area contributed by atoms with Crippen molar-refractivity contribution < 1.29 is 14.6 Å². The van der Waals surface area contributed by atoms with Crippen LogP contribution in [0.2, 0.25) is 0 Å². The molecule has 1 fully saturated rings. The normalized spacial score (nSPS) is 21.5. The summed E-state index contributed by atoms with van der Waals surface area (Å²) in [4.78, 5) is 0. The largest absolute Gasteiger partial charge is 0.497 e. The monoisotopic (exact) mass is 288 g/mol. The molecule has 1 aromatic rings. The zero-order valence-electron chi connectivity index (χ0n) is 12.9. The van der Waals surface area contributed by atoms with Crippen LogP contribution in [0.15, 0.2) is 18.2 Å². The molecule has 0 radical (unpaired) electrons. The average Bonchev–Trinajstić information content (AvgIpc) is 2.52. The number of aliphatic hydroxyl groups is 1. The number of ether oxygens (including phenoxy) is 2. The molecule has 0 aliphatic heterocycles. The number of benzene rings is 1. The van der Waals surface area contributed by atoms with Crippen molar-refractivity contribution in [3.05, 3.63) is 29.3 Å². The Kier molecular flexibility index (Phi) is 6.10. The van der Waals surface area contributed by atoms with Crippen LogP contribution in [0, 0.1) is 17.8 Å². The molecule has 1 N–H and O–H groups in total. The summed E-state index contributed by atoms with van der Waals surface area (Å²) in [6.45, 7) is 2.72. The van der Waals surface area contributed by atoms with Gasteiger partial charge in [-0.1, -0.05) is 18.8 Å². The second-order valence-corrected chi connectivity index (χ2v) is 5.68. The van der Waals surface area contributed by atoms with Gasteiger partial charge in [-0.05, 0) is 55.4 Å². The van der Waals surface area contributed by atoms with Gasteiger partial charge in [-0.3, -0.25) is 0 Å². The number of hydrogen-bond donors (Lipinski definition) is 1. The van der Waals surface area contributed by atoms with Gasteiger partial charge in [0.1, 0.15) is 12.4 Å². The van der Waals surface area contributed by atoms with Crippen LogP contribution in [0.3, 0.4) is 0 Å². The second kappa shape index (κ2) is 8.07. The minimum atomic E-state index is -0.132. The van der Waals surface area contributed by atoms with Gasteiger partial charge in [-0.25, -0.2) is 0 Å². The average molecular weight is 288 g/mol. The van der Waals surface area contributed by atoms with E-state index in [-0.39, 0.29) is 6.61 Å². The highest BCUT2D eigenvalue weighted by molar-refractivity contribution is 5.45. The summed E-state index contributed by atoms with van der Waals surface area (Å²) in [5, 5.41) is 8.85. The van der Waals surface area contributed by atoms with Crippen LogP contribution in [0.1, 0.15) is 43.7 Å². The van der Waals surface area contributed by atoms with Crippen LogP contribution in [-0.2, 0) is 11.3 Å². The van der Waals surface area contributed by atoms with Crippen molar-refractivity contribution in [3.8, 4) is 17.6 Å². The van der Waals surface area contributed by atoms with Crippen molar-refractivity contribution in [2.45, 2.75) is 45.3 Å². The molecule has 114 valence electrons. The number of hydrogen-bond acceptors (Lipinski definition) is 3. The summed E-state index contributed by atoms with van der Waals surface area (Å²) in [5.41, 5.74) is 1.92. The van der Waals surface area contributed by atoms with Crippen molar-refractivity contribution in [2.24, 2.45) is 5.92 Å². The van der Waals surface area contributed by atoms with E-state index in [4.69, 9.17) is 14.6 Å². The standard InChI is InChI=1S/C18H24O3/c1-14-5-8-17(9-6-14)21-13-16-12-18(20-2)10-7-15(16)4-3-11-19/h7,10,12,14,17,19H,5-6,8-9,11,13H2,1-2H3. The lowest BCUT2D eigenvalue weighted by molar-refractivity contribution is 0.00863. The van der Waals surface area contributed by atoms with Crippen LogP contribution in [0.5, 0.6) is 5.75 Å². The SMILES string of the molecule is COc1ccc(C#CCO)c(COC2CCC(C)CC2)c1. The summed E-state index contributed by atoms with van der Waals surface area (Å²) >= 11 is 0. The maximum Gasteiger partial charge on any atom is 0.119 e. The molecule has 0 saturated heterocycles. The Morgan fingerprint density at radius 2 is 2.00 bits per heavy atom. The van der Waals surface area contributed by atoms with E-state index in [0.717, 1.165) is 35.6 Å². The van der Waals surface area contributed by atoms with E-state index in [1.165, 1.54) is 12.8 Å². The fourth-order valence-corrected chi connectivity index (χ4v) is 2.68. The third-order valence-electron chi connectivity index (χ3n) is 4.05. The molecule has 0 unspecified atom stereocenters. The Bertz CT molecular complexity index is 505. The molecule has 0 heterocycles. The summed E-state index contributed by atoms with van der Waals surface area (Å²) in [7, 11) is 1.65. The molecular formula is C18H24O3. The fourth-order valence-electron chi connectivity index (χ4n) is 2.68. The van der Waals surface area contributed by atoms with Crippen LogP contribution < -0.4 is 4.74 Å². The lowest BCUT2D eigenvalue weighted by Gasteiger charge is -2.26. The number of aliphatic hydroxyl groups excluding tert-OH is 1. The fraction of sp³-hybridized carbons (Fsp3) is 0.556. The first-order valence-corrected chi connectivity index (χ1v) is 7.61. The Balaban J connectivity index is 2.02. The van der Waals surface area contributed by atoms with Gasteiger partial charge in [0.25, 0.3) is 0 Å². The molecule has 3 nitrogen and oxygen atoms in total. The van der Waals surface area contributed by atoms with E-state index in [2.05, 4.69) is 18.8 Å². The summed E-state index contributed by atoms with van der Waals surface area (Å²) in [6, 6.07) is 5.77. The van der Waals surface area contributed by atoms with Crippen LogP contribution in [0.25, 0.3) is 0 Å². The lowest BCUT2D eigenvalue weighted by Crippen LogP contribution is -2.20. The second-order valence-electron chi connectivity index (χ2n) is 5.68. The molecule has 1 aliphatic carbocycles.